The molecule has 0 saturated heterocycles. The molecule has 26 heavy (non-hydrogen) atoms. The van der Waals surface area contributed by atoms with Crippen LogP contribution in [-0.2, 0) is 4.79 Å². The summed E-state index contributed by atoms with van der Waals surface area (Å²) in [5.74, 6) is 0.0535. The van der Waals surface area contributed by atoms with E-state index in [2.05, 4.69) is 16.4 Å². The molecule has 1 aromatic heterocycles. The molecule has 0 fully saturated rings. The maximum Gasteiger partial charge on any atom is 0.234 e. The minimum atomic E-state index is -0.144. The third-order valence-corrected chi connectivity index (χ3v) is 4.74. The highest BCUT2D eigenvalue weighted by atomic mass is 32.2. The fourth-order valence-electron chi connectivity index (χ4n) is 2.51. The number of rotatable bonds is 6. The molecule has 0 aliphatic carbocycles. The van der Waals surface area contributed by atoms with E-state index in [1.165, 1.54) is 18.7 Å². The molecule has 6 heteroatoms. The zero-order valence-electron chi connectivity index (χ0n) is 14.6. The topological polar surface area (TPSA) is 64.0 Å². The lowest BCUT2D eigenvalue weighted by Crippen LogP contribution is -2.14. The van der Waals surface area contributed by atoms with Crippen molar-refractivity contribution in [3.63, 3.8) is 0 Å². The molecule has 1 heterocycles. The average Bonchev–Trinajstić information content (AvgIpc) is 3.09. The highest BCUT2D eigenvalue weighted by Crippen LogP contribution is 2.21. The van der Waals surface area contributed by atoms with E-state index in [9.17, 15) is 9.59 Å². The van der Waals surface area contributed by atoms with Gasteiger partial charge in [0.05, 0.1) is 5.75 Å². The van der Waals surface area contributed by atoms with Crippen LogP contribution in [0.2, 0.25) is 0 Å². The summed E-state index contributed by atoms with van der Waals surface area (Å²) in [4.78, 5) is 28.0. The molecule has 132 valence electrons. The Bertz CT molecular complexity index is 949. The molecule has 2 aromatic carbocycles. The highest BCUT2D eigenvalue weighted by Gasteiger charge is 2.10. The van der Waals surface area contributed by atoms with Crippen LogP contribution in [0.4, 0.5) is 5.69 Å². The fourth-order valence-corrected chi connectivity index (χ4v) is 3.29. The van der Waals surface area contributed by atoms with Gasteiger partial charge in [0.1, 0.15) is 0 Å². The minimum Gasteiger partial charge on any atom is -0.325 e. The van der Waals surface area contributed by atoms with E-state index in [-0.39, 0.29) is 17.4 Å². The van der Waals surface area contributed by atoms with Crippen LogP contribution in [0.5, 0.6) is 0 Å². The molecule has 1 N–H and O–H groups in total. The number of hydrogen-bond donors (Lipinski definition) is 1. The quantitative estimate of drug-likeness (QED) is 0.527. The lowest BCUT2D eigenvalue weighted by atomic mass is 10.1. The first-order valence-corrected chi connectivity index (χ1v) is 9.15. The fraction of sp³-hybridized carbons (Fsp3) is 0.150. The van der Waals surface area contributed by atoms with Crippen LogP contribution in [-0.4, -0.2) is 27.0 Å². The van der Waals surface area contributed by atoms with Crippen LogP contribution in [0.15, 0.2) is 66.1 Å². The minimum absolute atomic E-state index is 0.0318. The third kappa shape index (κ3) is 4.40. The average molecular weight is 365 g/mol. The second kappa shape index (κ2) is 8.01. The van der Waals surface area contributed by atoms with Crippen molar-refractivity contribution in [3.05, 3.63) is 72.1 Å². The van der Waals surface area contributed by atoms with Gasteiger partial charge in [-0.1, -0.05) is 36.0 Å². The summed E-state index contributed by atoms with van der Waals surface area (Å²) < 4.78 is 1.96. The van der Waals surface area contributed by atoms with E-state index in [0.717, 1.165) is 16.4 Å². The van der Waals surface area contributed by atoms with E-state index in [0.29, 0.717) is 11.3 Å². The summed E-state index contributed by atoms with van der Waals surface area (Å²) in [6, 6.07) is 15.0. The van der Waals surface area contributed by atoms with Crippen molar-refractivity contribution >= 4 is 29.1 Å². The van der Waals surface area contributed by atoms with Gasteiger partial charge < -0.3 is 5.32 Å². The van der Waals surface area contributed by atoms with Gasteiger partial charge in [-0.3, -0.25) is 14.2 Å². The first-order chi connectivity index (χ1) is 12.5. The van der Waals surface area contributed by atoms with Crippen molar-refractivity contribution in [1.82, 2.24) is 9.55 Å². The molecule has 0 aliphatic heterocycles. The second-order valence-electron chi connectivity index (χ2n) is 5.89. The van der Waals surface area contributed by atoms with Crippen LogP contribution in [0, 0.1) is 6.92 Å². The molecular formula is C20H19N3O2S. The Morgan fingerprint density at radius 2 is 1.96 bits per heavy atom. The molecule has 0 unspecified atom stereocenters. The van der Waals surface area contributed by atoms with E-state index in [1.54, 1.807) is 30.5 Å². The number of carbonyl (C=O) groups is 2. The van der Waals surface area contributed by atoms with Gasteiger partial charge in [-0.2, -0.15) is 0 Å². The lowest BCUT2D eigenvalue weighted by molar-refractivity contribution is -0.113. The molecule has 0 bridgehead atoms. The van der Waals surface area contributed by atoms with Gasteiger partial charge in [0.2, 0.25) is 5.91 Å². The maximum atomic E-state index is 12.2. The van der Waals surface area contributed by atoms with Crippen LogP contribution in [0.1, 0.15) is 22.8 Å². The predicted octanol–water partition coefficient (Wildman–Crippen LogP) is 4.11. The Hall–Kier alpha value is -2.86. The smallest absolute Gasteiger partial charge is 0.234 e. The number of aryl methyl sites for hydroxylation is 1. The van der Waals surface area contributed by atoms with Crippen molar-refractivity contribution in [1.29, 1.82) is 0 Å². The van der Waals surface area contributed by atoms with Crippen molar-refractivity contribution in [2.45, 2.75) is 19.0 Å². The standard InChI is InChI=1S/C20H19N3O2S/c1-14-5-3-8-18(11-14)23-10-9-21-20(23)26-13-19(25)22-17-7-4-6-16(12-17)15(2)24/h3-12H,13H2,1-2H3,(H,22,25). The second-order valence-corrected chi connectivity index (χ2v) is 6.84. The molecule has 3 aromatic rings. The van der Waals surface area contributed by atoms with Gasteiger partial charge in [-0.05, 0) is 43.7 Å². The largest absolute Gasteiger partial charge is 0.325 e. The Kier molecular flexibility index (Phi) is 5.53. The van der Waals surface area contributed by atoms with Crippen LogP contribution in [0.3, 0.4) is 0 Å². The first kappa shape index (κ1) is 17.9. The Labute approximate surface area is 156 Å². The predicted molar refractivity (Wildman–Crippen MR) is 104 cm³/mol. The number of aromatic nitrogens is 2. The van der Waals surface area contributed by atoms with Crippen molar-refractivity contribution < 1.29 is 9.59 Å². The molecule has 5 nitrogen and oxygen atoms in total. The van der Waals surface area contributed by atoms with Gasteiger partial charge in [0, 0.05) is 29.3 Å². The molecule has 3 rings (SSSR count). The molecule has 1 amide bonds. The van der Waals surface area contributed by atoms with Gasteiger partial charge in [0.15, 0.2) is 10.9 Å². The number of imidazole rings is 1. The Balaban J connectivity index is 1.65. The van der Waals surface area contributed by atoms with E-state index >= 15 is 0 Å². The van der Waals surface area contributed by atoms with Crippen LogP contribution in [0.25, 0.3) is 5.69 Å². The van der Waals surface area contributed by atoms with Gasteiger partial charge in [-0.15, -0.1) is 0 Å². The zero-order valence-corrected chi connectivity index (χ0v) is 15.4. The first-order valence-electron chi connectivity index (χ1n) is 8.17. The highest BCUT2D eigenvalue weighted by molar-refractivity contribution is 7.99. The van der Waals surface area contributed by atoms with Crippen molar-refractivity contribution in [2.75, 3.05) is 11.1 Å². The maximum absolute atomic E-state index is 12.2. The summed E-state index contributed by atoms with van der Waals surface area (Å²) in [7, 11) is 0. The molecular weight excluding hydrogens is 346 g/mol. The molecule has 0 spiro atoms. The van der Waals surface area contributed by atoms with Gasteiger partial charge >= 0.3 is 0 Å². The summed E-state index contributed by atoms with van der Waals surface area (Å²) in [5.41, 5.74) is 3.37. The number of thioether (sulfide) groups is 1. The molecule has 0 atom stereocenters. The van der Waals surface area contributed by atoms with E-state index in [4.69, 9.17) is 0 Å². The summed E-state index contributed by atoms with van der Waals surface area (Å²) in [5, 5.41) is 3.57. The third-order valence-electron chi connectivity index (χ3n) is 3.77. The normalized spacial score (nSPS) is 10.5. The van der Waals surface area contributed by atoms with Crippen LogP contribution >= 0.6 is 11.8 Å². The number of nitrogens with one attached hydrogen (secondary N) is 1. The molecule has 0 saturated carbocycles. The van der Waals surface area contributed by atoms with E-state index < -0.39 is 0 Å². The number of carbonyl (C=O) groups excluding carboxylic acids is 2. The monoisotopic (exact) mass is 365 g/mol. The van der Waals surface area contributed by atoms with Crippen LogP contribution < -0.4 is 5.32 Å². The summed E-state index contributed by atoms with van der Waals surface area (Å²) in [6.07, 6.45) is 3.60. The molecule has 0 aliphatic rings. The summed E-state index contributed by atoms with van der Waals surface area (Å²) >= 11 is 1.37. The number of Topliss-reactive ketones (excluding diaryl/α,β-unsaturated/α-hetero) is 1. The zero-order chi connectivity index (χ0) is 18.5. The Morgan fingerprint density at radius 3 is 2.73 bits per heavy atom. The number of anilines is 1. The number of hydrogen-bond acceptors (Lipinski definition) is 4. The van der Waals surface area contributed by atoms with E-state index in [1.807, 2.05) is 35.9 Å². The number of nitrogens with zero attached hydrogens (tertiary/aromatic N) is 2. The van der Waals surface area contributed by atoms with Gasteiger partial charge in [-0.25, -0.2) is 4.98 Å². The lowest BCUT2D eigenvalue weighted by Gasteiger charge is -2.09. The van der Waals surface area contributed by atoms with Crippen molar-refractivity contribution in [2.24, 2.45) is 0 Å². The number of benzene rings is 2. The number of amides is 1. The van der Waals surface area contributed by atoms with Gasteiger partial charge in [0.25, 0.3) is 0 Å². The number of ketones is 1. The summed E-state index contributed by atoms with van der Waals surface area (Å²) in [6.45, 7) is 3.54. The Morgan fingerprint density at radius 1 is 1.15 bits per heavy atom. The molecule has 0 radical (unpaired) electrons. The SMILES string of the molecule is CC(=O)c1cccc(NC(=O)CSc2nccn2-c2cccc(C)c2)c1. The van der Waals surface area contributed by atoms with Crippen molar-refractivity contribution in [3.8, 4) is 5.69 Å².